The molecule has 0 saturated carbocycles. The first kappa shape index (κ1) is 14.9. The Bertz CT molecular complexity index is 654. The summed E-state index contributed by atoms with van der Waals surface area (Å²) in [5.41, 5.74) is -0.594. The van der Waals surface area contributed by atoms with Crippen molar-refractivity contribution in [3.63, 3.8) is 0 Å². The lowest BCUT2D eigenvalue weighted by atomic mass is 10.1. The normalized spacial score (nSPS) is 10.3. The fourth-order valence-corrected chi connectivity index (χ4v) is 1.87. The third-order valence-corrected chi connectivity index (χ3v) is 2.81. The van der Waals surface area contributed by atoms with Gasteiger partial charge in [0, 0.05) is 6.54 Å². The molecule has 0 spiro atoms. The Morgan fingerprint density at radius 2 is 1.48 bits per heavy atom. The highest BCUT2D eigenvalue weighted by molar-refractivity contribution is 6.08. The van der Waals surface area contributed by atoms with E-state index in [0.29, 0.717) is 6.54 Å². The zero-order valence-corrected chi connectivity index (χ0v) is 11.2. The van der Waals surface area contributed by atoms with Gasteiger partial charge in [-0.2, -0.15) is 0 Å². The van der Waals surface area contributed by atoms with Gasteiger partial charge in [0.2, 0.25) is 0 Å². The summed E-state index contributed by atoms with van der Waals surface area (Å²) in [4.78, 5) is 12.1. The van der Waals surface area contributed by atoms with Crippen LogP contribution in [0, 0.1) is 17.5 Å². The average Bonchev–Trinajstić information content (AvgIpc) is 2.45. The molecule has 0 fully saturated rings. The minimum absolute atomic E-state index is 0.00533. The Balaban J connectivity index is 2.35. The van der Waals surface area contributed by atoms with Gasteiger partial charge in [-0.15, -0.1) is 0 Å². The summed E-state index contributed by atoms with van der Waals surface area (Å²) in [6.45, 7) is 2.14. The van der Waals surface area contributed by atoms with Crippen LogP contribution >= 0.6 is 0 Å². The van der Waals surface area contributed by atoms with Crippen molar-refractivity contribution < 1.29 is 18.0 Å². The number of para-hydroxylation sites is 2. The second-order valence-corrected chi connectivity index (χ2v) is 4.24. The first-order chi connectivity index (χ1) is 10.0. The molecule has 6 heteroatoms. The molecule has 0 radical (unpaired) electrons. The van der Waals surface area contributed by atoms with Crippen LogP contribution in [0.5, 0.6) is 0 Å². The standard InChI is InChI=1S/C15H13F3N2O/c1-2-19-13-9(5-3-6-10(13)16)15(21)20-14-11(17)7-4-8-12(14)18/h3-8,19H,2H2,1H3,(H,20,21). The first-order valence-electron chi connectivity index (χ1n) is 6.32. The van der Waals surface area contributed by atoms with E-state index in [1.165, 1.54) is 24.3 Å². The maximum atomic E-state index is 13.7. The summed E-state index contributed by atoms with van der Waals surface area (Å²) in [7, 11) is 0. The van der Waals surface area contributed by atoms with Crippen molar-refractivity contribution in [3.05, 3.63) is 59.4 Å². The predicted octanol–water partition coefficient (Wildman–Crippen LogP) is 3.79. The summed E-state index contributed by atoms with van der Waals surface area (Å²) in [5, 5.41) is 4.84. The molecule has 0 aliphatic heterocycles. The van der Waals surface area contributed by atoms with Crippen molar-refractivity contribution >= 4 is 17.3 Å². The fourth-order valence-electron chi connectivity index (χ4n) is 1.87. The minimum Gasteiger partial charge on any atom is -0.382 e. The topological polar surface area (TPSA) is 41.1 Å². The van der Waals surface area contributed by atoms with E-state index in [9.17, 15) is 18.0 Å². The molecule has 21 heavy (non-hydrogen) atoms. The Hall–Kier alpha value is -2.50. The first-order valence-corrected chi connectivity index (χ1v) is 6.32. The van der Waals surface area contributed by atoms with Gasteiger partial charge in [-0.3, -0.25) is 4.79 Å². The van der Waals surface area contributed by atoms with Gasteiger partial charge in [0.25, 0.3) is 5.91 Å². The molecule has 0 aromatic heterocycles. The van der Waals surface area contributed by atoms with E-state index in [-0.39, 0.29) is 11.3 Å². The van der Waals surface area contributed by atoms with Crippen molar-refractivity contribution in [2.24, 2.45) is 0 Å². The van der Waals surface area contributed by atoms with Crippen molar-refractivity contribution in [3.8, 4) is 0 Å². The molecule has 2 N–H and O–H groups in total. The second kappa shape index (κ2) is 6.30. The van der Waals surface area contributed by atoms with Crippen LogP contribution in [0.15, 0.2) is 36.4 Å². The van der Waals surface area contributed by atoms with E-state index in [1.807, 2.05) is 0 Å². The van der Waals surface area contributed by atoms with Gasteiger partial charge in [-0.1, -0.05) is 12.1 Å². The smallest absolute Gasteiger partial charge is 0.258 e. The van der Waals surface area contributed by atoms with E-state index in [1.54, 1.807) is 6.92 Å². The summed E-state index contributed by atoms with van der Waals surface area (Å²) in [6, 6.07) is 7.15. The number of rotatable bonds is 4. The lowest BCUT2D eigenvalue weighted by Gasteiger charge is -2.12. The zero-order valence-electron chi connectivity index (χ0n) is 11.2. The maximum absolute atomic E-state index is 13.7. The monoisotopic (exact) mass is 294 g/mol. The highest BCUT2D eigenvalue weighted by Crippen LogP contribution is 2.23. The molecule has 110 valence electrons. The largest absolute Gasteiger partial charge is 0.382 e. The summed E-state index contributed by atoms with van der Waals surface area (Å²) < 4.78 is 40.7. The second-order valence-electron chi connectivity index (χ2n) is 4.24. The molecule has 0 heterocycles. The Morgan fingerprint density at radius 1 is 0.952 bits per heavy atom. The van der Waals surface area contributed by atoms with Crippen LogP contribution < -0.4 is 10.6 Å². The van der Waals surface area contributed by atoms with Crippen LogP contribution in [0.4, 0.5) is 24.5 Å². The highest BCUT2D eigenvalue weighted by atomic mass is 19.1. The molecule has 0 unspecified atom stereocenters. The van der Waals surface area contributed by atoms with Gasteiger partial charge in [0.05, 0.1) is 11.3 Å². The van der Waals surface area contributed by atoms with Gasteiger partial charge in [-0.05, 0) is 31.2 Å². The Morgan fingerprint density at radius 3 is 2.05 bits per heavy atom. The summed E-state index contributed by atoms with van der Waals surface area (Å²) in [5.74, 6) is -3.21. The predicted molar refractivity (Wildman–Crippen MR) is 74.9 cm³/mol. The van der Waals surface area contributed by atoms with E-state index < -0.39 is 29.0 Å². The van der Waals surface area contributed by atoms with Crippen LogP contribution in [0.25, 0.3) is 0 Å². The van der Waals surface area contributed by atoms with Crippen LogP contribution in [-0.4, -0.2) is 12.5 Å². The van der Waals surface area contributed by atoms with Crippen molar-refractivity contribution in [1.29, 1.82) is 0 Å². The molecule has 0 aliphatic rings. The third kappa shape index (κ3) is 3.16. The number of anilines is 2. The van der Waals surface area contributed by atoms with Crippen LogP contribution in [-0.2, 0) is 0 Å². The molecule has 2 aromatic carbocycles. The van der Waals surface area contributed by atoms with Crippen molar-refractivity contribution in [2.45, 2.75) is 6.92 Å². The molecule has 0 saturated heterocycles. The minimum atomic E-state index is -0.898. The number of carbonyl (C=O) groups excluding carboxylic acids is 1. The summed E-state index contributed by atoms with van der Waals surface area (Å²) in [6.07, 6.45) is 0. The third-order valence-electron chi connectivity index (χ3n) is 2.81. The number of benzene rings is 2. The lowest BCUT2D eigenvalue weighted by molar-refractivity contribution is 0.102. The summed E-state index contributed by atoms with van der Waals surface area (Å²) >= 11 is 0. The maximum Gasteiger partial charge on any atom is 0.258 e. The van der Waals surface area contributed by atoms with Gasteiger partial charge in [0.15, 0.2) is 0 Å². The van der Waals surface area contributed by atoms with E-state index in [0.717, 1.165) is 12.1 Å². The number of halogens is 3. The van der Waals surface area contributed by atoms with E-state index in [4.69, 9.17) is 0 Å². The Labute approximate surface area is 119 Å². The number of amides is 1. The van der Waals surface area contributed by atoms with Crippen molar-refractivity contribution in [1.82, 2.24) is 0 Å². The SMILES string of the molecule is CCNc1c(F)cccc1C(=O)Nc1c(F)cccc1F. The van der Waals surface area contributed by atoms with Crippen LogP contribution in [0.3, 0.4) is 0 Å². The molecule has 2 aromatic rings. The van der Waals surface area contributed by atoms with Gasteiger partial charge in [0.1, 0.15) is 23.1 Å². The molecule has 0 bridgehead atoms. The number of carbonyl (C=O) groups is 1. The van der Waals surface area contributed by atoms with Crippen LogP contribution in [0.2, 0.25) is 0 Å². The van der Waals surface area contributed by atoms with E-state index in [2.05, 4.69) is 10.6 Å². The molecular weight excluding hydrogens is 281 g/mol. The Kier molecular flexibility index (Phi) is 4.47. The van der Waals surface area contributed by atoms with Crippen molar-refractivity contribution in [2.75, 3.05) is 17.2 Å². The quantitative estimate of drug-likeness (QED) is 0.900. The molecular formula is C15H13F3N2O. The lowest BCUT2D eigenvalue weighted by Crippen LogP contribution is -2.17. The van der Waals surface area contributed by atoms with Gasteiger partial charge < -0.3 is 10.6 Å². The van der Waals surface area contributed by atoms with Gasteiger partial charge >= 0.3 is 0 Å². The molecule has 0 atom stereocenters. The molecule has 0 aliphatic carbocycles. The highest BCUT2D eigenvalue weighted by Gasteiger charge is 2.18. The van der Waals surface area contributed by atoms with Gasteiger partial charge in [-0.25, -0.2) is 13.2 Å². The molecule has 3 nitrogen and oxygen atoms in total. The van der Waals surface area contributed by atoms with Crippen LogP contribution in [0.1, 0.15) is 17.3 Å². The fraction of sp³-hybridized carbons (Fsp3) is 0.133. The average molecular weight is 294 g/mol. The van der Waals surface area contributed by atoms with E-state index >= 15 is 0 Å². The molecule has 1 amide bonds. The zero-order chi connectivity index (χ0) is 15.4. The number of nitrogens with one attached hydrogen (secondary N) is 2. The number of hydrogen-bond donors (Lipinski definition) is 2. The molecule has 2 rings (SSSR count). The number of hydrogen-bond acceptors (Lipinski definition) is 2.